The number of aryl methyl sites for hydroxylation is 1. The summed E-state index contributed by atoms with van der Waals surface area (Å²) in [6, 6.07) is 13.6. The molecule has 0 aliphatic heterocycles. The van der Waals surface area contributed by atoms with Crippen molar-refractivity contribution in [1.29, 1.82) is 0 Å². The summed E-state index contributed by atoms with van der Waals surface area (Å²) in [5.74, 6) is 1.86. The lowest BCUT2D eigenvalue weighted by Gasteiger charge is -2.13. The Hall–Kier alpha value is -3.53. The van der Waals surface area contributed by atoms with Gasteiger partial charge in [-0.3, -0.25) is 18.5 Å². The summed E-state index contributed by atoms with van der Waals surface area (Å²) in [5, 5.41) is 3.35. The molecule has 0 saturated heterocycles. The van der Waals surface area contributed by atoms with Crippen molar-refractivity contribution in [3.63, 3.8) is 0 Å². The number of hydrogen-bond donors (Lipinski definition) is 1. The number of anilines is 1. The minimum absolute atomic E-state index is 0.341. The van der Waals surface area contributed by atoms with E-state index in [-0.39, 0.29) is 5.56 Å². The number of rotatable bonds is 8. The van der Waals surface area contributed by atoms with E-state index in [0.717, 1.165) is 20.2 Å². The monoisotopic (exact) mass is 527 g/mol. The fourth-order valence-electron chi connectivity index (χ4n) is 3.89. The molecule has 0 spiro atoms. The first kappa shape index (κ1) is 23.6. The number of imidazole rings is 1. The van der Waals surface area contributed by atoms with Gasteiger partial charge in [-0.1, -0.05) is 40.2 Å². The van der Waals surface area contributed by atoms with Gasteiger partial charge in [0, 0.05) is 25.1 Å². The van der Waals surface area contributed by atoms with E-state index in [1.807, 2.05) is 47.0 Å². The van der Waals surface area contributed by atoms with E-state index in [1.165, 1.54) is 11.6 Å². The van der Waals surface area contributed by atoms with Crippen LogP contribution in [-0.4, -0.2) is 39.4 Å². The van der Waals surface area contributed by atoms with Crippen LogP contribution in [0.5, 0.6) is 11.5 Å². The molecule has 0 radical (unpaired) electrons. The van der Waals surface area contributed by atoms with Gasteiger partial charge < -0.3 is 14.8 Å². The van der Waals surface area contributed by atoms with Gasteiger partial charge in [0.25, 0.3) is 5.56 Å². The van der Waals surface area contributed by atoms with Gasteiger partial charge in [-0.15, -0.1) is 0 Å². The second-order valence-corrected chi connectivity index (χ2v) is 8.71. The highest BCUT2D eigenvalue weighted by molar-refractivity contribution is 9.10. The molecular formula is C24H26BrN5O4. The second kappa shape index (κ2) is 9.76. The zero-order valence-corrected chi connectivity index (χ0v) is 21.0. The van der Waals surface area contributed by atoms with Crippen molar-refractivity contribution in [3.8, 4) is 11.5 Å². The molecule has 0 atom stereocenters. The Bertz CT molecular complexity index is 1470. The summed E-state index contributed by atoms with van der Waals surface area (Å²) in [5.41, 5.74) is 1.95. The van der Waals surface area contributed by atoms with E-state index < -0.39 is 5.69 Å². The molecule has 34 heavy (non-hydrogen) atoms. The van der Waals surface area contributed by atoms with Crippen molar-refractivity contribution in [2.24, 2.45) is 14.1 Å². The van der Waals surface area contributed by atoms with Crippen molar-refractivity contribution in [2.45, 2.75) is 13.0 Å². The van der Waals surface area contributed by atoms with Crippen molar-refractivity contribution in [3.05, 3.63) is 78.9 Å². The third-order valence-electron chi connectivity index (χ3n) is 5.78. The fourth-order valence-corrected chi connectivity index (χ4v) is 4.30. The molecule has 2 aromatic carbocycles. The molecule has 2 aromatic heterocycles. The molecule has 0 amide bonds. The number of halogens is 1. The first-order chi connectivity index (χ1) is 16.3. The van der Waals surface area contributed by atoms with Crippen LogP contribution < -0.4 is 26.0 Å². The molecule has 0 bridgehead atoms. The molecule has 9 nitrogen and oxygen atoms in total. The molecule has 0 saturated carbocycles. The van der Waals surface area contributed by atoms with Crippen LogP contribution in [0.4, 0.5) is 5.95 Å². The first-order valence-electron chi connectivity index (χ1n) is 10.7. The van der Waals surface area contributed by atoms with Crippen LogP contribution >= 0.6 is 15.9 Å². The van der Waals surface area contributed by atoms with Crippen molar-refractivity contribution >= 4 is 33.0 Å². The number of ether oxygens (including phenoxy) is 2. The van der Waals surface area contributed by atoms with E-state index >= 15 is 0 Å². The van der Waals surface area contributed by atoms with Crippen LogP contribution in [0.15, 0.2) is 56.5 Å². The SMILES string of the molecule is COc1ccc(CCNc2nc3c(c(=O)n(C)c(=O)n3C)n2Cc2ccccc2Br)cc1OC. The number of benzene rings is 2. The Labute approximate surface area is 204 Å². The molecule has 0 fully saturated rings. The molecule has 0 unspecified atom stereocenters. The summed E-state index contributed by atoms with van der Waals surface area (Å²) < 4.78 is 15.9. The molecule has 4 aromatic rings. The lowest BCUT2D eigenvalue weighted by Crippen LogP contribution is -2.37. The van der Waals surface area contributed by atoms with Crippen LogP contribution in [0.1, 0.15) is 11.1 Å². The maximum atomic E-state index is 13.1. The Balaban J connectivity index is 1.71. The lowest BCUT2D eigenvalue weighted by atomic mass is 10.1. The van der Waals surface area contributed by atoms with Gasteiger partial charge in [0.2, 0.25) is 5.95 Å². The van der Waals surface area contributed by atoms with Gasteiger partial charge in [0.1, 0.15) is 0 Å². The Morgan fingerprint density at radius 2 is 1.74 bits per heavy atom. The number of hydrogen-bond acceptors (Lipinski definition) is 6. The first-order valence-corrected chi connectivity index (χ1v) is 11.5. The van der Waals surface area contributed by atoms with Gasteiger partial charge in [0.05, 0.1) is 20.8 Å². The molecule has 2 heterocycles. The van der Waals surface area contributed by atoms with Gasteiger partial charge in [-0.25, -0.2) is 4.79 Å². The maximum Gasteiger partial charge on any atom is 0.332 e. The zero-order valence-electron chi connectivity index (χ0n) is 19.5. The van der Waals surface area contributed by atoms with Crippen LogP contribution in [-0.2, 0) is 27.1 Å². The zero-order chi connectivity index (χ0) is 24.4. The summed E-state index contributed by atoms with van der Waals surface area (Å²) in [6.45, 7) is 0.965. The standard InChI is InChI=1S/C24H26BrN5O4/c1-28-21-20(22(31)29(2)24(28)32)30(14-16-7-5-6-8-17(16)25)23(27-21)26-12-11-15-9-10-18(33-3)19(13-15)34-4/h5-10,13H,11-12,14H2,1-4H3,(H,26,27). The Morgan fingerprint density at radius 1 is 1.00 bits per heavy atom. The number of nitrogens with one attached hydrogen (secondary N) is 1. The molecule has 0 aliphatic carbocycles. The third-order valence-corrected chi connectivity index (χ3v) is 6.55. The van der Waals surface area contributed by atoms with Crippen molar-refractivity contribution in [2.75, 3.05) is 26.1 Å². The Morgan fingerprint density at radius 3 is 2.44 bits per heavy atom. The van der Waals surface area contributed by atoms with Gasteiger partial charge in [-0.2, -0.15) is 4.98 Å². The summed E-state index contributed by atoms with van der Waals surface area (Å²) >= 11 is 3.58. The van der Waals surface area contributed by atoms with Gasteiger partial charge in [0.15, 0.2) is 22.7 Å². The smallest absolute Gasteiger partial charge is 0.332 e. The van der Waals surface area contributed by atoms with Crippen molar-refractivity contribution < 1.29 is 9.47 Å². The highest BCUT2D eigenvalue weighted by atomic mass is 79.9. The fraction of sp³-hybridized carbons (Fsp3) is 0.292. The quantitative estimate of drug-likeness (QED) is 0.378. The molecule has 10 heteroatoms. The topological polar surface area (TPSA) is 92.3 Å². The van der Waals surface area contributed by atoms with E-state index in [0.29, 0.717) is 48.1 Å². The molecule has 1 N–H and O–H groups in total. The predicted octanol–water partition coefficient (Wildman–Crippen LogP) is 2.92. The number of fused-ring (bicyclic) bond motifs is 1. The van der Waals surface area contributed by atoms with Crippen LogP contribution in [0.3, 0.4) is 0 Å². The number of aromatic nitrogens is 4. The highest BCUT2D eigenvalue weighted by Gasteiger charge is 2.20. The lowest BCUT2D eigenvalue weighted by molar-refractivity contribution is 0.354. The van der Waals surface area contributed by atoms with Crippen LogP contribution in [0.25, 0.3) is 11.2 Å². The average molecular weight is 528 g/mol. The van der Waals surface area contributed by atoms with Crippen molar-refractivity contribution in [1.82, 2.24) is 18.7 Å². The van der Waals surface area contributed by atoms with E-state index in [2.05, 4.69) is 26.2 Å². The molecular weight excluding hydrogens is 502 g/mol. The number of nitrogens with zero attached hydrogens (tertiary/aromatic N) is 4. The van der Waals surface area contributed by atoms with Crippen LogP contribution in [0, 0.1) is 0 Å². The average Bonchev–Trinajstić information content (AvgIpc) is 3.20. The highest BCUT2D eigenvalue weighted by Crippen LogP contribution is 2.28. The normalized spacial score (nSPS) is 11.1. The molecule has 0 aliphatic rings. The minimum atomic E-state index is -0.417. The summed E-state index contributed by atoms with van der Waals surface area (Å²) in [6.07, 6.45) is 0.690. The predicted molar refractivity (Wildman–Crippen MR) is 135 cm³/mol. The largest absolute Gasteiger partial charge is 0.493 e. The second-order valence-electron chi connectivity index (χ2n) is 7.86. The Kier molecular flexibility index (Phi) is 6.78. The van der Waals surface area contributed by atoms with Gasteiger partial charge >= 0.3 is 5.69 Å². The molecule has 4 rings (SSSR count). The minimum Gasteiger partial charge on any atom is -0.493 e. The third kappa shape index (κ3) is 4.33. The van der Waals surface area contributed by atoms with Gasteiger partial charge in [-0.05, 0) is 35.7 Å². The maximum absolute atomic E-state index is 13.1. The van der Waals surface area contributed by atoms with Crippen LogP contribution in [0.2, 0.25) is 0 Å². The summed E-state index contributed by atoms with van der Waals surface area (Å²) in [4.78, 5) is 30.2. The van der Waals surface area contributed by atoms with E-state index in [1.54, 1.807) is 21.3 Å². The van der Waals surface area contributed by atoms with E-state index in [9.17, 15) is 9.59 Å². The molecule has 178 valence electrons. The summed E-state index contributed by atoms with van der Waals surface area (Å²) in [7, 11) is 6.30. The van der Waals surface area contributed by atoms with E-state index in [4.69, 9.17) is 9.47 Å². The number of methoxy groups -OCH3 is 2.